The van der Waals surface area contributed by atoms with Crippen LogP contribution in [0, 0.1) is 11.6 Å². The monoisotopic (exact) mass is 447 g/mol. The number of hydrogen-bond acceptors (Lipinski definition) is 5. The highest BCUT2D eigenvalue weighted by Gasteiger charge is 2.22. The fourth-order valence-electron chi connectivity index (χ4n) is 3.15. The molecule has 2 heterocycles. The van der Waals surface area contributed by atoms with Gasteiger partial charge in [0.25, 0.3) is 5.56 Å². The van der Waals surface area contributed by atoms with Gasteiger partial charge in [0.2, 0.25) is 5.88 Å². The molecular formula is C20H16ClF2N5O3. The summed E-state index contributed by atoms with van der Waals surface area (Å²) in [5, 5.41) is 2.80. The van der Waals surface area contributed by atoms with Gasteiger partial charge in [0.1, 0.15) is 24.6 Å². The molecule has 1 aromatic heterocycles. The summed E-state index contributed by atoms with van der Waals surface area (Å²) in [5.74, 6) is -1.63. The minimum atomic E-state index is -0.774. The average molecular weight is 448 g/mol. The number of halogens is 3. The zero-order chi connectivity index (χ0) is 22.1. The largest absolute Gasteiger partial charge is 0.471 e. The van der Waals surface area contributed by atoms with Crippen LogP contribution >= 0.6 is 11.6 Å². The zero-order valence-corrected chi connectivity index (χ0v) is 16.7. The van der Waals surface area contributed by atoms with E-state index in [4.69, 9.17) is 22.1 Å². The van der Waals surface area contributed by atoms with Crippen molar-refractivity contribution in [3.8, 4) is 5.88 Å². The minimum Gasteiger partial charge on any atom is -0.471 e. The van der Waals surface area contributed by atoms with E-state index < -0.39 is 23.2 Å². The van der Waals surface area contributed by atoms with Gasteiger partial charge < -0.3 is 15.8 Å². The minimum absolute atomic E-state index is 0.0964. The molecule has 2 amide bonds. The number of ether oxygens (including phenoxy) is 1. The summed E-state index contributed by atoms with van der Waals surface area (Å²) < 4.78 is 33.4. The molecule has 0 bridgehead atoms. The van der Waals surface area contributed by atoms with E-state index in [0.717, 1.165) is 17.7 Å². The second-order valence-corrected chi connectivity index (χ2v) is 7.15. The number of carbonyl (C=O) groups excluding carboxylic acids is 1. The summed E-state index contributed by atoms with van der Waals surface area (Å²) in [6.45, 7) is 0.168. The number of nitrogens with zero attached hydrogens (tertiary/aromatic N) is 3. The number of primary amides is 1. The summed E-state index contributed by atoms with van der Waals surface area (Å²) in [7, 11) is 0. The lowest BCUT2D eigenvalue weighted by molar-refractivity contribution is 0.254. The quantitative estimate of drug-likeness (QED) is 0.625. The summed E-state index contributed by atoms with van der Waals surface area (Å²) in [4.78, 5) is 29.4. The first-order chi connectivity index (χ1) is 14.8. The van der Waals surface area contributed by atoms with Gasteiger partial charge in [-0.05, 0) is 29.8 Å². The van der Waals surface area contributed by atoms with E-state index in [1.807, 2.05) is 0 Å². The zero-order valence-electron chi connectivity index (χ0n) is 15.9. The van der Waals surface area contributed by atoms with E-state index in [-0.39, 0.29) is 36.3 Å². The number of amides is 2. The number of carbonyl (C=O) groups is 1. The van der Waals surface area contributed by atoms with Gasteiger partial charge in [-0.2, -0.15) is 0 Å². The van der Waals surface area contributed by atoms with E-state index in [1.54, 1.807) is 18.2 Å². The van der Waals surface area contributed by atoms with E-state index in [0.29, 0.717) is 11.4 Å². The fourth-order valence-corrected chi connectivity index (χ4v) is 3.36. The number of nitrogens with two attached hydrogens (primary N) is 1. The topological polar surface area (TPSA) is 102 Å². The third-order valence-electron chi connectivity index (χ3n) is 4.73. The van der Waals surface area contributed by atoms with Crippen LogP contribution in [-0.4, -0.2) is 22.3 Å². The molecule has 3 aromatic rings. The molecule has 0 radical (unpaired) electrons. The molecule has 0 saturated carbocycles. The van der Waals surface area contributed by atoms with Gasteiger partial charge in [0.05, 0.1) is 24.6 Å². The van der Waals surface area contributed by atoms with E-state index in [2.05, 4.69) is 10.3 Å². The molecule has 160 valence electrons. The van der Waals surface area contributed by atoms with Gasteiger partial charge in [-0.1, -0.05) is 17.7 Å². The van der Waals surface area contributed by atoms with Gasteiger partial charge in [-0.25, -0.2) is 18.6 Å². The molecule has 2 aromatic carbocycles. The Morgan fingerprint density at radius 1 is 1.26 bits per heavy atom. The summed E-state index contributed by atoms with van der Waals surface area (Å²) in [5.41, 5.74) is 7.01. The predicted octanol–water partition coefficient (Wildman–Crippen LogP) is 3.07. The molecule has 4 rings (SSSR count). The number of nitrogens with one attached hydrogen (secondary N) is 1. The third-order valence-corrected chi connectivity index (χ3v) is 5.05. The molecule has 0 fully saturated rings. The van der Waals surface area contributed by atoms with E-state index >= 15 is 0 Å². The summed E-state index contributed by atoms with van der Waals surface area (Å²) in [6.07, 6.45) is 1.26. The highest BCUT2D eigenvalue weighted by Crippen LogP contribution is 2.32. The van der Waals surface area contributed by atoms with Crippen LogP contribution < -0.4 is 26.2 Å². The molecule has 3 N–H and O–H groups in total. The molecule has 31 heavy (non-hydrogen) atoms. The van der Waals surface area contributed by atoms with Crippen molar-refractivity contribution in [2.75, 3.05) is 16.9 Å². The second kappa shape index (κ2) is 8.23. The predicted molar refractivity (Wildman–Crippen MR) is 110 cm³/mol. The first-order valence-electron chi connectivity index (χ1n) is 9.09. The van der Waals surface area contributed by atoms with Crippen molar-refractivity contribution in [2.45, 2.75) is 13.2 Å². The van der Waals surface area contributed by atoms with Crippen molar-refractivity contribution >= 4 is 29.0 Å². The Kier molecular flexibility index (Phi) is 5.47. The number of urea groups is 1. The Morgan fingerprint density at radius 2 is 2.06 bits per heavy atom. The van der Waals surface area contributed by atoms with Crippen molar-refractivity contribution in [1.29, 1.82) is 0 Å². The Morgan fingerprint density at radius 3 is 2.81 bits per heavy atom. The van der Waals surface area contributed by atoms with Crippen LogP contribution in [0.4, 0.5) is 25.0 Å². The van der Waals surface area contributed by atoms with Crippen LogP contribution in [0.1, 0.15) is 11.1 Å². The lowest BCUT2D eigenvalue weighted by atomic mass is 10.1. The standard InChI is InChI=1S/C20H16ClF2N5O3/c21-17-18(31-8-12-2-3-13(22)6-14(12)23)26-9-27(19(17)29)7-11-1-4-16-15(5-11)25-10-28(16)20(24)30/h1-6,9,25H,7-8,10H2,(H2,24,30). The van der Waals surface area contributed by atoms with Crippen molar-refractivity contribution in [3.05, 3.63) is 80.9 Å². The molecule has 0 saturated heterocycles. The highest BCUT2D eigenvalue weighted by molar-refractivity contribution is 6.31. The van der Waals surface area contributed by atoms with Crippen LogP contribution in [0.5, 0.6) is 5.88 Å². The summed E-state index contributed by atoms with van der Waals surface area (Å²) in [6, 6.07) is 7.78. The maximum absolute atomic E-state index is 13.7. The molecule has 1 aliphatic heterocycles. The second-order valence-electron chi connectivity index (χ2n) is 6.77. The van der Waals surface area contributed by atoms with Crippen molar-refractivity contribution in [1.82, 2.24) is 9.55 Å². The normalized spacial score (nSPS) is 12.4. The molecule has 11 heteroatoms. The molecule has 0 atom stereocenters. The molecule has 0 unspecified atom stereocenters. The van der Waals surface area contributed by atoms with Crippen molar-refractivity contribution in [2.24, 2.45) is 5.73 Å². The van der Waals surface area contributed by atoms with Crippen LogP contribution in [0.25, 0.3) is 0 Å². The van der Waals surface area contributed by atoms with Gasteiger partial charge in [0, 0.05) is 11.6 Å². The number of rotatable bonds is 5. The fraction of sp³-hybridized carbons (Fsp3) is 0.150. The molecule has 1 aliphatic rings. The smallest absolute Gasteiger partial charge is 0.320 e. The van der Waals surface area contributed by atoms with Crippen LogP contribution in [0.15, 0.2) is 47.5 Å². The van der Waals surface area contributed by atoms with Gasteiger partial charge in [-0.3, -0.25) is 14.3 Å². The lowest BCUT2D eigenvalue weighted by Crippen LogP contribution is -2.35. The molecule has 0 aliphatic carbocycles. The average Bonchev–Trinajstić information content (AvgIpc) is 3.15. The number of hydrogen-bond donors (Lipinski definition) is 2. The van der Waals surface area contributed by atoms with Gasteiger partial charge in [-0.15, -0.1) is 0 Å². The maximum Gasteiger partial charge on any atom is 0.320 e. The Labute approximate surface area is 179 Å². The summed E-state index contributed by atoms with van der Waals surface area (Å²) >= 11 is 6.10. The van der Waals surface area contributed by atoms with Crippen molar-refractivity contribution < 1.29 is 18.3 Å². The van der Waals surface area contributed by atoms with Crippen LogP contribution in [0.2, 0.25) is 5.02 Å². The SMILES string of the molecule is NC(=O)N1CNc2cc(Cn3cnc(OCc4ccc(F)cc4F)c(Cl)c3=O)ccc21. The van der Waals surface area contributed by atoms with Gasteiger partial charge in [0.15, 0.2) is 5.02 Å². The van der Waals surface area contributed by atoms with Crippen LogP contribution in [-0.2, 0) is 13.2 Å². The van der Waals surface area contributed by atoms with Gasteiger partial charge >= 0.3 is 6.03 Å². The highest BCUT2D eigenvalue weighted by atomic mass is 35.5. The Bertz CT molecular complexity index is 1230. The molecule has 0 spiro atoms. The number of benzene rings is 2. The van der Waals surface area contributed by atoms with Crippen molar-refractivity contribution in [3.63, 3.8) is 0 Å². The first kappa shape index (κ1) is 20.6. The molecule has 8 nitrogen and oxygen atoms in total. The Balaban J connectivity index is 1.50. The number of fused-ring (bicyclic) bond motifs is 1. The van der Waals surface area contributed by atoms with Crippen LogP contribution in [0.3, 0.4) is 0 Å². The number of anilines is 2. The molecular weight excluding hydrogens is 432 g/mol. The first-order valence-corrected chi connectivity index (χ1v) is 9.46. The third kappa shape index (κ3) is 4.15. The maximum atomic E-state index is 13.7. The van der Waals surface area contributed by atoms with E-state index in [1.165, 1.54) is 21.9 Å². The van der Waals surface area contributed by atoms with E-state index in [9.17, 15) is 18.4 Å². The lowest BCUT2D eigenvalue weighted by Gasteiger charge is -2.13. The Hall–Kier alpha value is -3.66. The number of aromatic nitrogens is 2.